The molecule has 0 spiro atoms. The number of halogens is 2. The minimum Gasteiger partial charge on any atom is -1.00 e. The predicted octanol–water partition coefficient (Wildman–Crippen LogP) is 3.14. The molecule has 0 bridgehead atoms. The van der Waals surface area contributed by atoms with Crippen molar-refractivity contribution in [2.45, 2.75) is 98.5 Å². The van der Waals surface area contributed by atoms with Gasteiger partial charge in [0.2, 0.25) is 0 Å². The van der Waals surface area contributed by atoms with Crippen molar-refractivity contribution in [1.29, 1.82) is 0 Å². The summed E-state index contributed by atoms with van der Waals surface area (Å²) in [5, 5.41) is 0. The van der Waals surface area contributed by atoms with Crippen LogP contribution in [0.5, 0.6) is 0 Å². The molecule has 1 rings (SSSR count). The largest absolute Gasteiger partial charge is 1.00 e. The van der Waals surface area contributed by atoms with Gasteiger partial charge in [0.05, 0.1) is 0 Å². The Balaban J connectivity index is 0.00000529. The zero-order chi connectivity index (χ0) is 17.0. The molecule has 0 unspecified atom stereocenters. The quantitative estimate of drug-likeness (QED) is 0.199. The van der Waals surface area contributed by atoms with E-state index in [-0.39, 0.29) is 17.0 Å². The summed E-state index contributed by atoms with van der Waals surface area (Å²) in [6, 6.07) is 0. The third-order valence-corrected chi connectivity index (χ3v) is 19.4. The second kappa shape index (κ2) is 14.9. The first-order valence-corrected chi connectivity index (χ1v) is 19.5. The normalized spacial score (nSPS) is 11.5. The Morgan fingerprint density at radius 1 is 0.875 bits per heavy atom. The average Bonchev–Trinajstić information content (AvgIpc) is 3.02. The molecule has 1 aromatic rings. The molecule has 0 aromatic carbocycles. The number of hydrogen-bond donors (Lipinski definition) is 0. The molecule has 24 heavy (non-hydrogen) atoms. The first kappa shape index (κ1) is 24.8. The van der Waals surface area contributed by atoms with Crippen LogP contribution < -0.4 is 21.5 Å². The second-order valence-electron chi connectivity index (χ2n) is 7.00. The van der Waals surface area contributed by atoms with Crippen molar-refractivity contribution in [1.82, 2.24) is 4.57 Å². The molecule has 0 aliphatic rings. The molecule has 0 amide bonds. The van der Waals surface area contributed by atoms with Gasteiger partial charge in [-0.25, -0.2) is 0 Å². The van der Waals surface area contributed by atoms with E-state index in [1.54, 1.807) is 0 Å². The van der Waals surface area contributed by atoms with Crippen molar-refractivity contribution in [3.8, 4) is 0 Å². The molecule has 5 heteroatoms. The monoisotopic (exact) mass is 528 g/mol. The van der Waals surface area contributed by atoms with E-state index in [2.05, 4.69) is 48.6 Å². The third kappa shape index (κ3) is 10.7. The Hall–Kier alpha value is 0.779. The Bertz CT molecular complexity index is 404. The van der Waals surface area contributed by atoms with Crippen LogP contribution in [0.15, 0.2) is 18.7 Å². The van der Waals surface area contributed by atoms with Crippen LogP contribution in [-0.4, -0.2) is 21.8 Å². The van der Waals surface area contributed by atoms with Gasteiger partial charge in [-0.1, -0.05) is 0 Å². The molecule has 0 fully saturated rings. The number of imidazole rings is 1. The van der Waals surface area contributed by atoms with Crippen LogP contribution >= 0.6 is 8.92 Å². The van der Waals surface area contributed by atoms with E-state index < -0.39 is 17.3 Å². The van der Waals surface area contributed by atoms with Gasteiger partial charge in [-0.3, -0.25) is 0 Å². The van der Waals surface area contributed by atoms with Gasteiger partial charge in [0.25, 0.3) is 0 Å². The Kier molecular flexibility index (Phi) is 15.4. The summed E-state index contributed by atoms with van der Waals surface area (Å²) in [5.74, 6) is 0. The van der Waals surface area contributed by atoms with Crippen LogP contribution in [0, 0.1) is 0 Å². The van der Waals surface area contributed by atoms with E-state index in [4.69, 9.17) is 8.92 Å². The van der Waals surface area contributed by atoms with Gasteiger partial charge in [-0.15, -0.1) is 0 Å². The van der Waals surface area contributed by atoms with Crippen LogP contribution in [0.3, 0.4) is 0 Å². The Morgan fingerprint density at radius 2 is 1.46 bits per heavy atom. The molecule has 0 saturated carbocycles. The van der Waals surface area contributed by atoms with Crippen molar-refractivity contribution < 1.29 is 21.5 Å². The molecule has 2 nitrogen and oxygen atoms in total. The Labute approximate surface area is 168 Å². The van der Waals surface area contributed by atoms with Gasteiger partial charge < -0.3 is 17.0 Å². The smallest absolute Gasteiger partial charge is 1.00 e. The van der Waals surface area contributed by atoms with Crippen LogP contribution in [0.2, 0.25) is 13.3 Å². The zero-order valence-corrected chi connectivity index (χ0v) is 21.3. The van der Waals surface area contributed by atoms with Crippen molar-refractivity contribution in [2.75, 3.05) is 0 Å². The minimum atomic E-state index is -2.24. The number of rotatable bonds is 14. The maximum absolute atomic E-state index is 7.13. The zero-order valence-electron chi connectivity index (χ0n) is 16.1. The van der Waals surface area contributed by atoms with E-state index in [9.17, 15) is 0 Å². The topological polar surface area (TPSA) is 8.81 Å². The fourth-order valence-electron chi connectivity index (χ4n) is 3.21. The molecule has 0 N–H and O–H groups in total. The number of aromatic nitrogens is 2. The molecule has 0 radical (unpaired) electrons. The molecule has 142 valence electrons. The van der Waals surface area contributed by atoms with Gasteiger partial charge in [0.15, 0.2) is 0 Å². The summed E-state index contributed by atoms with van der Waals surface area (Å²) in [6.07, 6.45) is 17.3. The minimum absolute atomic E-state index is 0. The summed E-state index contributed by atoms with van der Waals surface area (Å²) in [7, 11) is 7.13. The molecule has 1 heterocycles. The summed E-state index contributed by atoms with van der Waals surface area (Å²) in [5.41, 5.74) is 0. The molecular weight excluding hydrogens is 490 g/mol. The summed E-state index contributed by atoms with van der Waals surface area (Å²) in [4.78, 5) is 0. The van der Waals surface area contributed by atoms with Crippen LogP contribution in [0.25, 0.3) is 0 Å². The Morgan fingerprint density at radius 3 is 2.00 bits per heavy atom. The standard InChI is InChI=1S/C11H20N2.2C4H9.BrH.ClH.Sn/c1-3-5-6-7-8-13-10-9-12(4-2)11-13;2*1-3-4-2;;;/h9-11H,1,3-8H2,2H3;2*1,3-4H2,2H3;2*1H;/q+1;;;;;+1/p-2. The first-order valence-electron chi connectivity index (χ1n) is 9.87. The maximum atomic E-state index is 7.13. The van der Waals surface area contributed by atoms with Crippen molar-refractivity contribution in [3.63, 3.8) is 0 Å². The first-order chi connectivity index (χ1) is 11.1. The van der Waals surface area contributed by atoms with Crippen molar-refractivity contribution in [3.05, 3.63) is 18.7 Å². The fourth-order valence-corrected chi connectivity index (χ4v) is 16.2. The summed E-state index contributed by atoms with van der Waals surface area (Å²) in [6.45, 7) is 9.01. The summed E-state index contributed by atoms with van der Waals surface area (Å²) >= 11 is -2.24. The average molecular weight is 529 g/mol. The maximum Gasteiger partial charge on any atom is -1.00 e. The third-order valence-electron chi connectivity index (χ3n) is 4.86. The molecular formula is C19H38BrClN2Sn. The van der Waals surface area contributed by atoms with Gasteiger partial charge in [-0.05, 0) is 0 Å². The van der Waals surface area contributed by atoms with E-state index in [0.717, 1.165) is 13.1 Å². The fraction of sp³-hybridized carbons (Fsp3) is 0.842. The van der Waals surface area contributed by atoms with E-state index in [1.807, 2.05) is 0 Å². The van der Waals surface area contributed by atoms with Crippen molar-refractivity contribution in [2.24, 2.45) is 0 Å². The number of unbranched alkanes of at least 4 members (excludes halogenated alkanes) is 5. The SMILES string of the molecule is CCC[CH2][Sn]([Cl])([CH2]CCC)[CH2]CCCCC[n+]1ccn(CC)c1.[Br-]. The van der Waals surface area contributed by atoms with Gasteiger partial charge in [0, 0.05) is 0 Å². The molecule has 0 atom stereocenters. The van der Waals surface area contributed by atoms with Gasteiger partial charge in [0.1, 0.15) is 0 Å². The number of hydrogen-bond acceptors (Lipinski definition) is 0. The molecule has 0 aliphatic heterocycles. The predicted molar refractivity (Wildman–Crippen MR) is 105 cm³/mol. The van der Waals surface area contributed by atoms with Crippen LogP contribution in [-0.2, 0) is 13.1 Å². The molecule has 1 aromatic heterocycles. The van der Waals surface area contributed by atoms with E-state index in [0.29, 0.717) is 0 Å². The van der Waals surface area contributed by atoms with Crippen molar-refractivity contribution >= 4 is 26.2 Å². The number of aryl methyl sites for hydroxylation is 2. The van der Waals surface area contributed by atoms with Crippen LogP contribution in [0.4, 0.5) is 0 Å². The summed E-state index contributed by atoms with van der Waals surface area (Å²) < 4.78 is 8.78. The molecule has 0 aliphatic carbocycles. The molecule has 0 saturated heterocycles. The van der Waals surface area contributed by atoms with E-state index >= 15 is 0 Å². The number of nitrogens with zero attached hydrogens (tertiary/aromatic N) is 2. The van der Waals surface area contributed by atoms with Crippen LogP contribution in [0.1, 0.15) is 72.1 Å². The second-order valence-corrected chi connectivity index (χ2v) is 23.2. The van der Waals surface area contributed by atoms with Gasteiger partial charge >= 0.3 is 153 Å². The van der Waals surface area contributed by atoms with Gasteiger partial charge in [-0.2, -0.15) is 0 Å². The van der Waals surface area contributed by atoms with E-state index in [1.165, 1.54) is 64.7 Å².